The molecule has 0 N–H and O–H groups in total. The summed E-state index contributed by atoms with van der Waals surface area (Å²) in [7, 11) is 0. The summed E-state index contributed by atoms with van der Waals surface area (Å²) in [6.45, 7) is 4.79. The molecule has 5 fully saturated rings. The lowest BCUT2D eigenvalue weighted by Gasteiger charge is -2.49. The number of carbonyl (C=O) groups excluding carboxylic acids is 1. The van der Waals surface area contributed by atoms with Gasteiger partial charge >= 0.3 is 5.97 Å². The summed E-state index contributed by atoms with van der Waals surface area (Å²) in [4.78, 5) is 13.4. The van der Waals surface area contributed by atoms with Crippen LogP contribution in [0.1, 0.15) is 97.3 Å². The van der Waals surface area contributed by atoms with Gasteiger partial charge in [-0.2, -0.15) is 0 Å². The molecule has 5 aliphatic rings. The van der Waals surface area contributed by atoms with Crippen LogP contribution in [-0.2, 0) is 9.53 Å². The molecule has 0 heterocycles. The van der Waals surface area contributed by atoms with Gasteiger partial charge in [-0.3, -0.25) is 4.79 Å². The second kappa shape index (κ2) is 7.06. The monoisotopic (exact) mass is 372 g/mol. The Balaban J connectivity index is 1.34. The smallest absolute Gasteiger partial charge is 0.309 e. The van der Waals surface area contributed by atoms with Gasteiger partial charge in [0.25, 0.3) is 0 Å². The molecule has 0 aromatic carbocycles. The first-order valence-electron chi connectivity index (χ1n) is 12.3. The molecule has 8 atom stereocenters. The van der Waals surface area contributed by atoms with Gasteiger partial charge in [-0.1, -0.05) is 46.0 Å². The van der Waals surface area contributed by atoms with E-state index in [0.717, 1.165) is 42.9 Å². The SMILES string of the molecule is CC1C2CC(C(=O)OC3(C4CCCC5CCCCC54)CCCC3)C(C2)C1C. The Morgan fingerprint density at radius 3 is 2.26 bits per heavy atom. The molecular formula is C25H40O2. The van der Waals surface area contributed by atoms with Gasteiger partial charge in [0, 0.05) is 5.92 Å². The third-order valence-corrected chi connectivity index (χ3v) is 10.2. The van der Waals surface area contributed by atoms with E-state index in [4.69, 9.17) is 4.74 Å². The first-order valence-corrected chi connectivity index (χ1v) is 12.3. The Bertz CT molecular complexity index is 559. The van der Waals surface area contributed by atoms with E-state index in [1.165, 1.54) is 64.2 Å². The Morgan fingerprint density at radius 1 is 0.778 bits per heavy atom. The van der Waals surface area contributed by atoms with Crippen molar-refractivity contribution in [3.8, 4) is 0 Å². The van der Waals surface area contributed by atoms with Crippen LogP contribution >= 0.6 is 0 Å². The molecule has 2 heteroatoms. The van der Waals surface area contributed by atoms with E-state index >= 15 is 0 Å². The van der Waals surface area contributed by atoms with Crippen LogP contribution < -0.4 is 0 Å². The summed E-state index contributed by atoms with van der Waals surface area (Å²) in [5.41, 5.74) is -0.0888. The summed E-state index contributed by atoms with van der Waals surface area (Å²) in [6.07, 6.45) is 17.0. The minimum Gasteiger partial charge on any atom is -0.459 e. The van der Waals surface area contributed by atoms with E-state index in [-0.39, 0.29) is 17.5 Å². The van der Waals surface area contributed by atoms with Crippen molar-refractivity contribution in [2.24, 2.45) is 47.3 Å². The highest BCUT2D eigenvalue weighted by atomic mass is 16.6. The number of hydrogen-bond acceptors (Lipinski definition) is 2. The Hall–Kier alpha value is -0.530. The predicted octanol–water partition coefficient (Wildman–Crippen LogP) is 6.38. The molecule has 0 spiro atoms. The van der Waals surface area contributed by atoms with Crippen LogP contribution in [0.5, 0.6) is 0 Å². The average Bonchev–Trinajstić information content (AvgIpc) is 3.39. The molecule has 0 aromatic rings. The highest BCUT2D eigenvalue weighted by Crippen LogP contribution is 2.57. The van der Waals surface area contributed by atoms with Gasteiger partial charge in [-0.25, -0.2) is 0 Å². The second-order valence-corrected chi connectivity index (χ2v) is 11.2. The normalized spacial score (nSPS) is 48.4. The van der Waals surface area contributed by atoms with Crippen LogP contribution in [0.2, 0.25) is 0 Å². The van der Waals surface area contributed by atoms with Crippen molar-refractivity contribution in [3.05, 3.63) is 0 Å². The van der Waals surface area contributed by atoms with Crippen molar-refractivity contribution in [1.29, 1.82) is 0 Å². The minimum absolute atomic E-state index is 0.0888. The maximum Gasteiger partial charge on any atom is 0.309 e. The quantitative estimate of drug-likeness (QED) is 0.537. The fourth-order valence-electron chi connectivity index (χ4n) is 8.60. The van der Waals surface area contributed by atoms with E-state index in [1.807, 2.05) is 0 Å². The zero-order valence-electron chi connectivity index (χ0n) is 17.6. The van der Waals surface area contributed by atoms with E-state index in [1.54, 1.807) is 0 Å². The van der Waals surface area contributed by atoms with Crippen LogP contribution in [0.25, 0.3) is 0 Å². The Labute approximate surface area is 166 Å². The van der Waals surface area contributed by atoms with Gasteiger partial charge in [0.05, 0.1) is 5.92 Å². The van der Waals surface area contributed by atoms with Gasteiger partial charge in [-0.05, 0) is 86.9 Å². The van der Waals surface area contributed by atoms with Crippen LogP contribution in [0.4, 0.5) is 0 Å². The second-order valence-electron chi connectivity index (χ2n) is 11.2. The van der Waals surface area contributed by atoms with E-state index in [9.17, 15) is 4.79 Å². The molecule has 5 aliphatic carbocycles. The van der Waals surface area contributed by atoms with Gasteiger partial charge in [0.15, 0.2) is 0 Å². The number of rotatable bonds is 3. The predicted molar refractivity (Wildman–Crippen MR) is 108 cm³/mol. The van der Waals surface area contributed by atoms with Crippen LogP contribution in [0.3, 0.4) is 0 Å². The van der Waals surface area contributed by atoms with Gasteiger partial charge in [-0.15, -0.1) is 0 Å². The zero-order valence-corrected chi connectivity index (χ0v) is 17.6. The molecule has 8 unspecified atom stereocenters. The van der Waals surface area contributed by atoms with Gasteiger partial charge in [0.2, 0.25) is 0 Å². The fraction of sp³-hybridized carbons (Fsp3) is 0.960. The van der Waals surface area contributed by atoms with Crippen molar-refractivity contribution < 1.29 is 9.53 Å². The molecule has 0 radical (unpaired) electrons. The summed E-state index contributed by atoms with van der Waals surface area (Å²) >= 11 is 0. The van der Waals surface area contributed by atoms with E-state index in [2.05, 4.69) is 13.8 Å². The molecule has 0 aromatic heterocycles. The molecule has 5 saturated carbocycles. The lowest BCUT2D eigenvalue weighted by atomic mass is 9.60. The summed E-state index contributed by atoms with van der Waals surface area (Å²) < 4.78 is 6.67. The standard InChI is InChI=1S/C25H40O2/c1-16-17(2)21-14-19(16)15-22(21)24(26)27-25(12-5-6-13-25)23-11-7-9-18-8-3-4-10-20(18)23/h16-23H,3-15H2,1-2H3. The van der Waals surface area contributed by atoms with Gasteiger partial charge in [0.1, 0.15) is 5.60 Å². The molecule has 2 nitrogen and oxygen atoms in total. The lowest BCUT2D eigenvalue weighted by molar-refractivity contribution is -0.181. The first kappa shape index (κ1) is 18.5. The van der Waals surface area contributed by atoms with Crippen LogP contribution in [0, 0.1) is 47.3 Å². The molecule has 0 amide bonds. The molecule has 0 saturated heterocycles. The van der Waals surface area contributed by atoms with Crippen molar-refractivity contribution in [2.45, 2.75) is 103 Å². The molecule has 152 valence electrons. The maximum absolute atomic E-state index is 13.4. The highest BCUT2D eigenvalue weighted by molar-refractivity contribution is 5.74. The van der Waals surface area contributed by atoms with Crippen molar-refractivity contribution in [1.82, 2.24) is 0 Å². The molecule has 27 heavy (non-hydrogen) atoms. The van der Waals surface area contributed by atoms with Crippen molar-refractivity contribution >= 4 is 5.97 Å². The van der Waals surface area contributed by atoms with E-state index < -0.39 is 0 Å². The Kier molecular flexibility index (Phi) is 4.84. The first-order chi connectivity index (χ1) is 13.1. The lowest BCUT2D eigenvalue weighted by Crippen LogP contribution is -2.49. The topological polar surface area (TPSA) is 26.3 Å². The maximum atomic E-state index is 13.4. The third-order valence-electron chi connectivity index (χ3n) is 10.2. The summed E-state index contributed by atoms with van der Waals surface area (Å²) in [6, 6.07) is 0. The van der Waals surface area contributed by atoms with Crippen LogP contribution in [-0.4, -0.2) is 11.6 Å². The van der Waals surface area contributed by atoms with Gasteiger partial charge < -0.3 is 4.74 Å². The summed E-state index contributed by atoms with van der Waals surface area (Å²) in [5, 5.41) is 0. The summed E-state index contributed by atoms with van der Waals surface area (Å²) in [5.74, 6) is 5.75. The van der Waals surface area contributed by atoms with E-state index in [0.29, 0.717) is 17.8 Å². The molecule has 5 rings (SSSR count). The molecular weight excluding hydrogens is 332 g/mol. The fourth-order valence-corrected chi connectivity index (χ4v) is 8.60. The van der Waals surface area contributed by atoms with Crippen LogP contribution in [0.15, 0.2) is 0 Å². The third kappa shape index (κ3) is 2.99. The highest BCUT2D eigenvalue weighted by Gasteiger charge is 2.55. The van der Waals surface area contributed by atoms with Crippen molar-refractivity contribution in [2.75, 3.05) is 0 Å². The van der Waals surface area contributed by atoms with Crippen molar-refractivity contribution in [3.63, 3.8) is 0 Å². The number of esters is 1. The number of ether oxygens (including phenoxy) is 1. The minimum atomic E-state index is -0.0888. The number of fused-ring (bicyclic) bond motifs is 3. The number of hydrogen-bond donors (Lipinski definition) is 0. The average molecular weight is 373 g/mol. The number of carbonyl (C=O) groups is 1. The largest absolute Gasteiger partial charge is 0.459 e. The Morgan fingerprint density at radius 2 is 1.52 bits per heavy atom. The molecule has 2 bridgehead atoms. The molecule has 0 aliphatic heterocycles. The zero-order chi connectivity index (χ0) is 18.6.